The largest absolute Gasteiger partial charge is 0.491 e. The number of aliphatic hydroxyl groups is 1. The third-order valence-electron chi connectivity index (χ3n) is 6.51. The van der Waals surface area contributed by atoms with E-state index in [-0.39, 0.29) is 29.3 Å². The lowest BCUT2D eigenvalue weighted by Gasteiger charge is -2.40. The smallest absolute Gasteiger partial charge is 0.256 e. The molecule has 0 saturated carbocycles. The highest BCUT2D eigenvalue weighted by Crippen LogP contribution is 2.47. The van der Waals surface area contributed by atoms with Crippen LogP contribution in [0.4, 0.5) is 10.1 Å². The van der Waals surface area contributed by atoms with E-state index in [0.717, 1.165) is 23.2 Å². The summed E-state index contributed by atoms with van der Waals surface area (Å²) in [4.78, 5) is 15.1. The first-order valence-electron chi connectivity index (χ1n) is 11.3. The average molecular weight is 441 g/mol. The number of ether oxygens (including phenoxy) is 1. The third kappa shape index (κ3) is 4.33. The molecule has 2 unspecified atom stereocenters. The number of β-amino-alcohol motifs (C(OH)–C–C–N with tert-alkyl or cyclic N) is 1. The molecule has 4 rings (SSSR count). The molecule has 2 aromatic rings. The molecule has 2 aliphatic heterocycles. The Hall–Kier alpha value is -2.60. The Balaban J connectivity index is 1.74. The lowest BCUT2D eigenvalue weighted by atomic mass is 9.73. The van der Waals surface area contributed by atoms with E-state index in [0.29, 0.717) is 30.8 Å². The normalized spacial score (nSPS) is 24.2. The third-order valence-corrected chi connectivity index (χ3v) is 6.51. The zero-order valence-electron chi connectivity index (χ0n) is 19.5. The number of hydrogen-bond donors (Lipinski definition) is 2. The van der Waals surface area contributed by atoms with Crippen molar-refractivity contribution in [3.63, 3.8) is 0 Å². The van der Waals surface area contributed by atoms with Gasteiger partial charge in [-0.1, -0.05) is 26.0 Å². The molecule has 0 bridgehead atoms. The molecule has 1 amide bonds. The maximum absolute atomic E-state index is 14.2. The van der Waals surface area contributed by atoms with Crippen LogP contribution in [0, 0.1) is 5.82 Å². The van der Waals surface area contributed by atoms with Crippen LogP contribution >= 0.6 is 0 Å². The van der Waals surface area contributed by atoms with E-state index in [2.05, 4.69) is 19.2 Å². The summed E-state index contributed by atoms with van der Waals surface area (Å²) in [5.41, 5.74) is 2.09. The van der Waals surface area contributed by atoms with Crippen LogP contribution in [0.15, 0.2) is 36.4 Å². The van der Waals surface area contributed by atoms with Gasteiger partial charge >= 0.3 is 0 Å². The molecule has 2 heterocycles. The lowest BCUT2D eigenvalue weighted by Crippen LogP contribution is -2.36. The van der Waals surface area contributed by atoms with Crippen LogP contribution in [0.2, 0.25) is 0 Å². The zero-order valence-corrected chi connectivity index (χ0v) is 19.5. The van der Waals surface area contributed by atoms with Gasteiger partial charge in [-0.2, -0.15) is 0 Å². The number of benzene rings is 2. The van der Waals surface area contributed by atoms with Crippen molar-refractivity contribution >= 4 is 11.6 Å². The van der Waals surface area contributed by atoms with Gasteiger partial charge in [0.05, 0.1) is 29.0 Å². The molecule has 6 heteroatoms. The predicted molar refractivity (Wildman–Crippen MR) is 124 cm³/mol. The number of hydrogen-bond acceptors (Lipinski definition) is 4. The van der Waals surface area contributed by atoms with E-state index < -0.39 is 5.60 Å². The average Bonchev–Trinajstić information content (AvgIpc) is 3.07. The summed E-state index contributed by atoms with van der Waals surface area (Å²) in [6.45, 7) is 10.8. The quantitative estimate of drug-likeness (QED) is 0.699. The van der Waals surface area contributed by atoms with Crippen LogP contribution in [0.25, 0.3) is 0 Å². The highest BCUT2D eigenvalue weighted by molar-refractivity contribution is 6.01. The Labute approximate surface area is 189 Å². The number of anilines is 1. The predicted octanol–water partition coefficient (Wildman–Crippen LogP) is 5.04. The van der Waals surface area contributed by atoms with E-state index in [4.69, 9.17) is 4.74 Å². The van der Waals surface area contributed by atoms with Gasteiger partial charge in [0.15, 0.2) is 0 Å². The van der Waals surface area contributed by atoms with Crippen molar-refractivity contribution in [3.8, 4) is 5.75 Å². The molecule has 2 N–H and O–H groups in total. The Morgan fingerprint density at radius 3 is 2.66 bits per heavy atom. The molecule has 0 aliphatic carbocycles. The maximum Gasteiger partial charge on any atom is 0.256 e. The summed E-state index contributed by atoms with van der Waals surface area (Å²) in [7, 11) is 0. The summed E-state index contributed by atoms with van der Waals surface area (Å²) in [6, 6.07) is 10.2. The fourth-order valence-electron chi connectivity index (χ4n) is 4.92. The van der Waals surface area contributed by atoms with Gasteiger partial charge in [0, 0.05) is 18.7 Å². The number of nitrogens with zero attached hydrogens (tertiary/aromatic N) is 1. The molecular weight excluding hydrogens is 407 g/mol. The van der Waals surface area contributed by atoms with Crippen LogP contribution in [-0.2, 0) is 5.41 Å². The minimum absolute atomic E-state index is 0.0387. The molecule has 2 aliphatic rings. The van der Waals surface area contributed by atoms with Crippen molar-refractivity contribution in [2.75, 3.05) is 18.4 Å². The minimum Gasteiger partial charge on any atom is -0.491 e. The van der Waals surface area contributed by atoms with Gasteiger partial charge in [0.25, 0.3) is 5.91 Å². The summed E-state index contributed by atoms with van der Waals surface area (Å²) in [6.07, 6.45) is 1.26. The fourth-order valence-corrected chi connectivity index (χ4v) is 4.92. The number of carbonyl (C=O) groups is 1. The van der Waals surface area contributed by atoms with Gasteiger partial charge in [0.2, 0.25) is 0 Å². The molecule has 1 saturated heterocycles. The molecule has 0 spiro atoms. The Kier molecular flexibility index (Phi) is 5.70. The molecule has 0 radical (unpaired) electrons. The van der Waals surface area contributed by atoms with Crippen molar-refractivity contribution < 1.29 is 19.0 Å². The Bertz CT molecular complexity index is 1030. The number of amides is 1. The van der Waals surface area contributed by atoms with Gasteiger partial charge in [-0.3, -0.25) is 4.79 Å². The number of fused-ring (bicyclic) bond motifs is 1. The van der Waals surface area contributed by atoms with Crippen LogP contribution in [0.3, 0.4) is 0 Å². The standard InChI is InChI=1S/C26H33FN2O3/c1-16(2)32-22-10-9-17(27)13-19(22)21-14-25(3,4)20-8-6-7-18(23(20)28-21)24(30)29-12-11-26(5,31)15-29/h6-10,13,16,21,28,31H,11-12,14-15H2,1-5H3. The van der Waals surface area contributed by atoms with Crippen LogP contribution in [0.1, 0.15) is 75.0 Å². The summed E-state index contributed by atoms with van der Waals surface area (Å²) in [5.74, 6) is 0.240. The van der Waals surface area contributed by atoms with Crippen molar-refractivity contribution in [1.82, 2.24) is 4.90 Å². The first-order chi connectivity index (χ1) is 15.0. The van der Waals surface area contributed by atoms with Gasteiger partial charge < -0.3 is 20.1 Å². The van der Waals surface area contributed by atoms with Crippen LogP contribution in [0.5, 0.6) is 5.75 Å². The molecule has 2 atom stereocenters. The molecule has 32 heavy (non-hydrogen) atoms. The minimum atomic E-state index is -0.857. The molecule has 5 nitrogen and oxygen atoms in total. The van der Waals surface area contributed by atoms with Crippen LogP contribution in [-0.4, -0.2) is 40.7 Å². The molecular formula is C26H33FN2O3. The molecule has 2 aromatic carbocycles. The second kappa shape index (κ2) is 8.07. The van der Waals surface area contributed by atoms with Gasteiger partial charge in [-0.25, -0.2) is 4.39 Å². The Morgan fingerprint density at radius 1 is 1.25 bits per heavy atom. The van der Waals surface area contributed by atoms with Crippen LogP contribution < -0.4 is 10.1 Å². The SMILES string of the molecule is CC(C)Oc1ccc(F)cc1C1CC(C)(C)c2cccc(C(=O)N3CCC(C)(O)C3)c2N1. The van der Waals surface area contributed by atoms with E-state index in [9.17, 15) is 14.3 Å². The molecule has 172 valence electrons. The van der Waals surface area contributed by atoms with Crippen molar-refractivity contribution in [1.29, 1.82) is 0 Å². The molecule has 0 aromatic heterocycles. The monoisotopic (exact) mass is 440 g/mol. The first kappa shape index (κ1) is 22.6. The van der Waals surface area contributed by atoms with Gasteiger partial charge in [0.1, 0.15) is 11.6 Å². The summed E-state index contributed by atoms with van der Waals surface area (Å²) in [5, 5.41) is 13.9. The van der Waals surface area contributed by atoms with Crippen molar-refractivity contribution in [3.05, 3.63) is 58.9 Å². The van der Waals surface area contributed by atoms with E-state index >= 15 is 0 Å². The summed E-state index contributed by atoms with van der Waals surface area (Å²) < 4.78 is 20.2. The van der Waals surface area contributed by atoms with Gasteiger partial charge in [-0.15, -0.1) is 0 Å². The topological polar surface area (TPSA) is 61.8 Å². The number of carbonyl (C=O) groups excluding carboxylic acids is 1. The lowest BCUT2D eigenvalue weighted by molar-refractivity contribution is 0.0572. The highest BCUT2D eigenvalue weighted by atomic mass is 19.1. The van der Waals surface area contributed by atoms with Crippen molar-refractivity contribution in [2.24, 2.45) is 0 Å². The van der Waals surface area contributed by atoms with E-state index in [1.807, 2.05) is 32.0 Å². The second-order valence-corrected chi connectivity index (χ2v) is 10.3. The maximum atomic E-state index is 14.2. The van der Waals surface area contributed by atoms with Gasteiger partial charge in [-0.05, 0) is 68.9 Å². The number of likely N-dealkylation sites (tertiary alicyclic amines) is 1. The number of nitrogens with one attached hydrogen (secondary N) is 1. The molecule has 1 fully saturated rings. The Morgan fingerprint density at radius 2 is 2.00 bits per heavy atom. The second-order valence-electron chi connectivity index (χ2n) is 10.3. The van der Waals surface area contributed by atoms with Crippen molar-refractivity contribution in [2.45, 2.75) is 70.6 Å². The highest BCUT2D eigenvalue weighted by Gasteiger charge is 2.39. The first-order valence-corrected chi connectivity index (χ1v) is 11.3. The van der Waals surface area contributed by atoms with E-state index in [1.54, 1.807) is 17.9 Å². The summed E-state index contributed by atoms with van der Waals surface area (Å²) >= 11 is 0. The number of halogens is 1. The number of para-hydroxylation sites is 1. The van der Waals surface area contributed by atoms with E-state index in [1.165, 1.54) is 12.1 Å². The zero-order chi connectivity index (χ0) is 23.3. The number of rotatable bonds is 4. The fraction of sp³-hybridized carbons (Fsp3) is 0.500.